The lowest BCUT2D eigenvalue weighted by atomic mass is 10.1. The quantitative estimate of drug-likeness (QED) is 0.178. The SMILES string of the molecule is CC.CC.CF.CNCC(=O)NCCCc1ccc(C)cc1OCCNC(C(=O)N(C)CC=O)C1CC1.Cc1ccc(F)cc1. The average Bonchev–Trinajstić information content (AvgIpc) is 3.90. The number of ether oxygens (including phenoxy) is 1. The molecular weight excluding hydrogens is 578 g/mol. The molecule has 2 aromatic carbocycles. The number of aldehydes is 1. The number of nitrogens with zero attached hydrogens (tertiary/aromatic N) is 1. The Hall–Kier alpha value is -3.37. The van der Waals surface area contributed by atoms with E-state index in [-0.39, 0.29) is 30.2 Å². The maximum atomic E-state index is 12.5. The highest BCUT2D eigenvalue weighted by atomic mass is 19.1. The zero-order valence-corrected chi connectivity index (χ0v) is 29.0. The lowest BCUT2D eigenvalue weighted by molar-refractivity contribution is -0.134. The normalized spacial score (nSPS) is 11.7. The average molecular weight is 637 g/mol. The summed E-state index contributed by atoms with van der Waals surface area (Å²) in [5.74, 6) is 0.972. The second-order valence-electron chi connectivity index (χ2n) is 9.89. The summed E-state index contributed by atoms with van der Waals surface area (Å²) >= 11 is 0. The minimum Gasteiger partial charge on any atom is -0.492 e. The minimum absolute atomic E-state index is 0.00694. The van der Waals surface area contributed by atoms with Crippen molar-refractivity contribution in [2.75, 3.05) is 54.1 Å². The van der Waals surface area contributed by atoms with Gasteiger partial charge in [-0.2, -0.15) is 0 Å². The third-order valence-electron chi connectivity index (χ3n) is 6.32. The van der Waals surface area contributed by atoms with Crippen LogP contribution in [0, 0.1) is 25.6 Å². The van der Waals surface area contributed by atoms with Crippen LogP contribution in [-0.2, 0) is 20.8 Å². The second-order valence-corrected chi connectivity index (χ2v) is 9.89. The summed E-state index contributed by atoms with van der Waals surface area (Å²) in [6.45, 7) is 14.0. The van der Waals surface area contributed by atoms with E-state index in [0.29, 0.717) is 39.3 Å². The van der Waals surface area contributed by atoms with Crippen LogP contribution in [-0.4, -0.2) is 83.1 Å². The number of likely N-dealkylation sites (N-methyl/N-ethyl adjacent to an activating group) is 2. The van der Waals surface area contributed by atoms with Gasteiger partial charge in [0, 0.05) is 20.1 Å². The molecule has 10 heteroatoms. The van der Waals surface area contributed by atoms with Gasteiger partial charge in [0.25, 0.3) is 0 Å². The van der Waals surface area contributed by atoms with E-state index in [0.717, 1.165) is 54.4 Å². The van der Waals surface area contributed by atoms with Crippen molar-refractivity contribution in [3.63, 3.8) is 0 Å². The van der Waals surface area contributed by atoms with Crippen LogP contribution >= 0.6 is 0 Å². The fraction of sp³-hybridized carbons (Fsp3) is 0.571. The summed E-state index contributed by atoms with van der Waals surface area (Å²) in [4.78, 5) is 36.2. The molecule has 3 N–H and O–H groups in total. The van der Waals surface area contributed by atoms with E-state index in [2.05, 4.69) is 28.1 Å². The Balaban J connectivity index is 0. The number of carbonyl (C=O) groups excluding carboxylic acids is 3. The summed E-state index contributed by atoms with van der Waals surface area (Å²) < 4.78 is 27.6. The number of nitrogens with one attached hydrogen (secondary N) is 3. The Labute approximate surface area is 270 Å². The molecule has 0 spiro atoms. The molecule has 45 heavy (non-hydrogen) atoms. The highest BCUT2D eigenvalue weighted by Crippen LogP contribution is 2.33. The van der Waals surface area contributed by atoms with E-state index in [1.54, 1.807) is 26.2 Å². The molecule has 0 radical (unpaired) electrons. The van der Waals surface area contributed by atoms with Gasteiger partial charge in [0.2, 0.25) is 11.8 Å². The van der Waals surface area contributed by atoms with Gasteiger partial charge in [-0.05, 0) is 81.8 Å². The number of carbonyl (C=O) groups is 3. The van der Waals surface area contributed by atoms with Gasteiger partial charge in [-0.25, -0.2) is 4.39 Å². The van der Waals surface area contributed by atoms with Crippen molar-refractivity contribution in [2.24, 2.45) is 5.92 Å². The monoisotopic (exact) mass is 636 g/mol. The molecular formula is C35H58F2N4O4. The van der Waals surface area contributed by atoms with Gasteiger partial charge < -0.3 is 30.4 Å². The first kappa shape index (κ1) is 43.8. The van der Waals surface area contributed by atoms with Crippen molar-refractivity contribution in [3.05, 3.63) is 65.0 Å². The lowest BCUT2D eigenvalue weighted by Crippen LogP contribution is -2.48. The van der Waals surface area contributed by atoms with Gasteiger partial charge in [0.15, 0.2) is 0 Å². The number of halogens is 2. The number of hydrogen-bond donors (Lipinski definition) is 3. The minimum atomic E-state index is -0.258. The molecule has 256 valence electrons. The van der Waals surface area contributed by atoms with Gasteiger partial charge in [-0.15, -0.1) is 0 Å². The molecule has 8 nitrogen and oxygen atoms in total. The molecule has 1 unspecified atom stereocenters. The van der Waals surface area contributed by atoms with Crippen LogP contribution in [0.25, 0.3) is 0 Å². The zero-order chi connectivity index (χ0) is 34.6. The zero-order valence-electron chi connectivity index (χ0n) is 29.0. The third-order valence-corrected chi connectivity index (χ3v) is 6.32. The molecule has 2 aromatic rings. The maximum Gasteiger partial charge on any atom is 0.240 e. The Bertz CT molecular complexity index is 1030. The van der Waals surface area contributed by atoms with Crippen LogP contribution in [0.5, 0.6) is 5.75 Å². The van der Waals surface area contributed by atoms with Crippen LogP contribution in [0.1, 0.15) is 63.6 Å². The van der Waals surface area contributed by atoms with E-state index < -0.39 is 0 Å². The van der Waals surface area contributed by atoms with Crippen molar-refractivity contribution >= 4 is 18.1 Å². The number of rotatable bonds is 15. The Morgan fingerprint density at radius 3 is 2.13 bits per heavy atom. The Morgan fingerprint density at radius 1 is 1.00 bits per heavy atom. The molecule has 1 atom stereocenters. The van der Waals surface area contributed by atoms with E-state index in [1.165, 1.54) is 17.0 Å². The molecule has 1 fully saturated rings. The second kappa shape index (κ2) is 28.1. The van der Waals surface area contributed by atoms with Crippen molar-refractivity contribution in [2.45, 2.75) is 73.3 Å². The molecule has 1 aliphatic rings. The van der Waals surface area contributed by atoms with Crippen LogP contribution in [0.2, 0.25) is 0 Å². The van der Waals surface area contributed by atoms with Gasteiger partial charge in [-0.1, -0.05) is 57.5 Å². The van der Waals surface area contributed by atoms with Crippen molar-refractivity contribution in [3.8, 4) is 5.75 Å². The number of aryl methyl sites for hydroxylation is 3. The molecule has 0 aliphatic heterocycles. The van der Waals surface area contributed by atoms with E-state index in [1.807, 2.05) is 47.6 Å². The van der Waals surface area contributed by atoms with Crippen molar-refractivity contribution in [1.29, 1.82) is 0 Å². The fourth-order valence-corrected chi connectivity index (χ4v) is 3.97. The molecule has 0 saturated heterocycles. The lowest BCUT2D eigenvalue weighted by Gasteiger charge is -2.23. The first-order chi connectivity index (χ1) is 21.7. The third kappa shape index (κ3) is 20.3. The van der Waals surface area contributed by atoms with Crippen molar-refractivity contribution in [1.82, 2.24) is 20.9 Å². The largest absolute Gasteiger partial charge is 0.492 e. The first-order valence-corrected chi connectivity index (χ1v) is 15.9. The van der Waals surface area contributed by atoms with Crippen LogP contribution in [0.4, 0.5) is 8.78 Å². The summed E-state index contributed by atoms with van der Waals surface area (Å²) in [5.41, 5.74) is 3.32. The summed E-state index contributed by atoms with van der Waals surface area (Å²) in [5, 5.41) is 9.03. The molecule has 0 heterocycles. The number of alkyl halides is 1. The predicted molar refractivity (Wildman–Crippen MR) is 181 cm³/mol. The Morgan fingerprint density at radius 2 is 1.60 bits per heavy atom. The van der Waals surface area contributed by atoms with Crippen LogP contribution in [0.3, 0.4) is 0 Å². The predicted octanol–water partition coefficient (Wildman–Crippen LogP) is 5.44. The summed E-state index contributed by atoms with van der Waals surface area (Å²) in [7, 11) is 3.90. The highest BCUT2D eigenvalue weighted by molar-refractivity contribution is 5.84. The van der Waals surface area contributed by atoms with Gasteiger partial charge in [0.1, 0.15) is 24.5 Å². The smallest absolute Gasteiger partial charge is 0.240 e. The van der Waals surface area contributed by atoms with Gasteiger partial charge in [-0.3, -0.25) is 14.0 Å². The van der Waals surface area contributed by atoms with Crippen LogP contribution in [0.15, 0.2) is 42.5 Å². The highest BCUT2D eigenvalue weighted by Gasteiger charge is 2.37. The van der Waals surface area contributed by atoms with E-state index in [9.17, 15) is 23.2 Å². The summed E-state index contributed by atoms with van der Waals surface area (Å²) in [6.07, 6.45) is 4.45. The number of hydrogen-bond acceptors (Lipinski definition) is 6. The number of amides is 2. The van der Waals surface area contributed by atoms with Gasteiger partial charge in [0.05, 0.1) is 26.3 Å². The first-order valence-electron chi connectivity index (χ1n) is 15.9. The topological polar surface area (TPSA) is 99.8 Å². The van der Waals surface area contributed by atoms with E-state index >= 15 is 0 Å². The van der Waals surface area contributed by atoms with Crippen LogP contribution < -0.4 is 20.7 Å². The van der Waals surface area contributed by atoms with Crippen molar-refractivity contribution < 1.29 is 27.9 Å². The van der Waals surface area contributed by atoms with Gasteiger partial charge >= 0.3 is 0 Å². The molecule has 0 bridgehead atoms. The number of benzene rings is 2. The Kier molecular flexibility index (Phi) is 27.4. The molecule has 0 aromatic heterocycles. The van der Waals surface area contributed by atoms with E-state index in [4.69, 9.17) is 4.74 Å². The maximum absolute atomic E-state index is 12.5. The molecule has 2 amide bonds. The molecule has 3 rings (SSSR count). The summed E-state index contributed by atoms with van der Waals surface area (Å²) in [6, 6.07) is 12.3. The molecule has 1 aliphatic carbocycles. The molecule has 1 saturated carbocycles. The fourth-order valence-electron chi connectivity index (χ4n) is 3.97. The standard InChI is InChI=1S/C23H36N4O4.C7H7F.2C2H6.CH3F/c1-17-6-7-18(5-4-10-25-21(29)16-24-2)20(15-17)31-14-11-26-22(19-8-9-19)23(30)27(3)12-13-28;1-6-2-4-7(8)5-3-6;3*1-2/h6-7,13,15,19,22,24,26H,4-5,8-12,14,16H2,1-3H3,(H,25,29);2-5H,1H3;2*1-2H3;1H3.